The SMILES string of the molecule is COC(=O)C(CN)c1ccc2ccccc2c1. The Labute approximate surface area is 100 Å². The highest BCUT2D eigenvalue weighted by Gasteiger charge is 2.19. The first-order chi connectivity index (χ1) is 8.26. The zero-order valence-corrected chi connectivity index (χ0v) is 9.72. The number of hydrogen-bond acceptors (Lipinski definition) is 3. The Morgan fingerprint density at radius 2 is 1.94 bits per heavy atom. The van der Waals surface area contributed by atoms with Crippen LogP contribution in [0.1, 0.15) is 11.5 Å². The second-order valence-electron chi connectivity index (χ2n) is 3.92. The minimum Gasteiger partial charge on any atom is -0.469 e. The number of rotatable bonds is 3. The van der Waals surface area contributed by atoms with Crippen LogP contribution in [0.2, 0.25) is 0 Å². The minimum atomic E-state index is -0.385. The van der Waals surface area contributed by atoms with Crippen molar-refractivity contribution < 1.29 is 9.53 Å². The summed E-state index contributed by atoms with van der Waals surface area (Å²) in [5, 5.41) is 2.25. The van der Waals surface area contributed by atoms with Crippen LogP contribution in [0.3, 0.4) is 0 Å². The quantitative estimate of drug-likeness (QED) is 0.819. The predicted octanol–water partition coefficient (Wildman–Crippen LogP) is 2.06. The van der Waals surface area contributed by atoms with Crippen LogP contribution < -0.4 is 5.73 Å². The van der Waals surface area contributed by atoms with E-state index >= 15 is 0 Å². The Morgan fingerprint density at radius 3 is 2.59 bits per heavy atom. The molecule has 2 aromatic rings. The van der Waals surface area contributed by atoms with E-state index in [1.54, 1.807) is 0 Å². The van der Waals surface area contributed by atoms with Gasteiger partial charge in [0.2, 0.25) is 0 Å². The summed E-state index contributed by atoms with van der Waals surface area (Å²) in [7, 11) is 1.38. The van der Waals surface area contributed by atoms with E-state index in [9.17, 15) is 4.79 Å². The van der Waals surface area contributed by atoms with E-state index in [2.05, 4.69) is 0 Å². The van der Waals surface area contributed by atoms with Crippen molar-refractivity contribution in [2.75, 3.05) is 13.7 Å². The number of methoxy groups -OCH3 is 1. The Kier molecular flexibility index (Phi) is 3.40. The highest BCUT2D eigenvalue weighted by Crippen LogP contribution is 2.22. The summed E-state index contributed by atoms with van der Waals surface area (Å²) in [6.45, 7) is 0.255. The third kappa shape index (κ3) is 2.29. The topological polar surface area (TPSA) is 52.3 Å². The molecule has 0 aliphatic carbocycles. The second kappa shape index (κ2) is 4.97. The van der Waals surface area contributed by atoms with Gasteiger partial charge in [-0.25, -0.2) is 0 Å². The Morgan fingerprint density at radius 1 is 1.24 bits per heavy atom. The molecule has 3 nitrogen and oxygen atoms in total. The molecule has 1 atom stereocenters. The van der Waals surface area contributed by atoms with Crippen LogP contribution in [-0.4, -0.2) is 19.6 Å². The molecule has 0 aliphatic rings. The third-order valence-electron chi connectivity index (χ3n) is 2.90. The van der Waals surface area contributed by atoms with E-state index in [-0.39, 0.29) is 18.4 Å². The average Bonchev–Trinajstić information content (AvgIpc) is 2.39. The summed E-state index contributed by atoms with van der Waals surface area (Å²) in [6.07, 6.45) is 0. The molecule has 0 fully saturated rings. The van der Waals surface area contributed by atoms with E-state index in [0.29, 0.717) is 0 Å². The fourth-order valence-corrected chi connectivity index (χ4v) is 1.94. The Hall–Kier alpha value is -1.87. The largest absolute Gasteiger partial charge is 0.469 e. The normalized spacial score (nSPS) is 12.4. The monoisotopic (exact) mass is 229 g/mol. The molecule has 0 saturated carbocycles. The van der Waals surface area contributed by atoms with Crippen molar-refractivity contribution in [1.82, 2.24) is 0 Å². The molecule has 0 aliphatic heterocycles. The van der Waals surface area contributed by atoms with Crippen molar-refractivity contribution in [2.45, 2.75) is 5.92 Å². The zero-order valence-electron chi connectivity index (χ0n) is 9.72. The molecule has 0 aromatic heterocycles. The zero-order chi connectivity index (χ0) is 12.3. The smallest absolute Gasteiger partial charge is 0.314 e. The number of ether oxygens (including phenoxy) is 1. The van der Waals surface area contributed by atoms with Gasteiger partial charge in [-0.3, -0.25) is 4.79 Å². The molecule has 0 radical (unpaired) electrons. The first-order valence-corrected chi connectivity index (χ1v) is 5.53. The molecule has 2 aromatic carbocycles. The van der Waals surface area contributed by atoms with Crippen LogP contribution in [0.15, 0.2) is 42.5 Å². The molecule has 0 spiro atoms. The van der Waals surface area contributed by atoms with Gasteiger partial charge in [-0.05, 0) is 16.3 Å². The van der Waals surface area contributed by atoms with Crippen LogP contribution in [-0.2, 0) is 9.53 Å². The van der Waals surface area contributed by atoms with Crippen molar-refractivity contribution in [2.24, 2.45) is 5.73 Å². The lowest BCUT2D eigenvalue weighted by Crippen LogP contribution is -2.22. The van der Waals surface area contributed by atoms with E-state index in [4.69, 9.17) is 10.5 Å². The molecule has 0 bridgehead atoms. The van der Waals surface area contributed by atoms with Gasteiger partial charge in [0.1, 0.15) is 0 Å². The molecule has 0 saturated heterocycles. The third-order valence-corrected chi connectivity index (χ3v) is 2.90. The van der Waals surface area contributed by atoms with Gasteiger partial charge in [-0.1, -0.05) is 42.5 Å². The molecule has 2 rings (SSSR count). The highest BCUT2D eigenvalue weighted by molar-refractivity contribution is 5.85. The van der Waals surface area contributed by atoms with E-state index in [1.165, 1.54) is 7.11 Å². The Balaban J connectivity index is 2.44. The lowest BCUT2D eigenvalue weighted by molar-refractivity contribution is -0.142. The average molecular weight is 229 g/mol. The van der Waals surface area contributed by atoms with Crippen LogP contribution in [0, 0.1) is 0 Å². The molecular weight excluding hydrogens is 214 g/mol. The van der Waals surface area contributed by atoms with Crippen LogP contribution in [0.25, 0.3) is 10.8 Å². The molecule has 0 amide bonds. The highest BCUT2D eigenvalue weighted by atomic mass is 16.5. The van der Waals surface area contributed by atoms with Crippen molar-refractivity contribution in [1.29, 1.82) is 0 Å². The van der Waals surface area contributed by atoms with Crippen molar-refractivity contribution in [3.05, 3.63) is 48.0 Å². The van der Waals surface area contributed by atoms with Gasteiger partial charge >= 0.3 is 5.97 Å². The lowest BCUT2D eigenvalue weighted by Gasteiger charge is -2.13. The first kappa shape index (κ1) is 11.6. The Bertz CT molecular complexity index is 536. The number of benzene rings is 2. The summed E-state index contributed by atoms with van der Waals surface area (Å²) in [6, 6.07) is 13.9. The van der Waals surface area contributed by atoms with E-state index in [1.807, 2.05) is 42.5 Å². The molecule has 17 heavy (non-hydrogen) atoms. The summed E-state index contributed by atoms with van der Waals surface area (Å²) in [4.78, 5) is 11.6. The predicted molar refractivity (Wildman–Crippen MR) is 67.8 cm³/mol. The molecular formula is C14H15NO2. The summed E-state index contributed by atoms with van der Waals surface area (Å²) in [5.74, 6) is -0.674. The maximum absolute atomic E-state index is 11.6. The lowest BCUT2D eigenvalue weighted by atomic mass is 9.96. The molecule has 0 heterocycles. The van der Waals surface area contributed by atoms with Crippen LogP contribution in [0.4, 0.5) is 0 Å². The van der Waals surface area contributed by atoms with Crippen molar-refractivity contribution in [3.63, 3.8) is 0 Å². The summed E-state index contributed by atoms with van der Waals surface area (Å²) < 4.78 is 4.75. The number of carbonyl (C=O) groups excluding carboxylic acids is 1. The molecule has 88 valence electrons. The molecule has 2 N–H and O–H groups in total. The first-order valence-electron chi connectivity index (χ1n) is 5.53. The van der Waals surface area contributed by atoms with E-state index in [0.717, 1.165) is 16.3 Å². The second-order valence-corrected chi connectivity index (χ2v) is 3.92. The van der Waals surface area contributed by atoms with Gasteiger partial charge < -0.3 is 10.5 Å². The summed E-state index contributed by atoms with van der Waals surface area (Å²) >= 11 is 0. The summed E-state index contributed by atoms with van der Waals surface area (Å²) in [5.41, 5.74) is 6.53. The number of nitrogens with two attached hydrogens (primary N) is 1. The number of fused-ring (bicyclic) bond motifs is 1. The van der Waals surface area contributed by atoms with Crippen molar-refractivity contribution in [3.8, 4) is 0 Å². The minimum absolute atomic E-state index is 0.255. The molecule has 3 heteroatoms. The fraction of sp³-hybridized carbons (Fsp3) is 0.214. The van der Waals surface area contributed by atoms with Crippen LogP contribution in [0.5, 0.6) is 0 Å². The maximum Gasteiger partial charge on any atom is 0.314 e. The van der Waals surface area contributed by atoms with Gasteiger partial charge in [-0.2, -0.15) is 0 Å². The van der Waals surface area contributed by atoms with Gasteiger partial charge in [0, 0.05) is 6.54 Å². The van der Waals surface area contributed by atoms with Gasteiger partial charge in [0.05, 0.1) is 13.0 Å². The van der Waals surface area contributed by atoms with Gasteiger partial charge in [-0.15, -0.1) is 0 Å². The maximum atomic E-state index is 11.6. The number of hydrogen-bond donors (Lipinski definition) is 1. The fourth-order valence-electron chi connectivity index (χ4n) is 1.94. The molecule has 1 unspecified atom stereocenters. The number of carbonyl (C=O) groups is 1. The van der Waals surface area contributed by atoms with Crippen molar-refractivity contribution >= 4 is 16.7 Å². The standard InChI is InChI=1S/C14H15NO2/c1-17-14(16)13(9-15)12-7-6-10-4-2-3-5-11(10)8-12/h2-8,13H,9,15H2,1H3. The van der Waals surface area contributed by atoms with Gasteiger partial charge in [0.25, 0.3) is 0 Å². The number of esters is 1. The van der Waals surface area contributed by atoms with E-state index < -0.39 is 0 Å². The van der Waals surface area contributed by atoms with Gasteiger partial charge in [0.15, 0.2) is 0 Å². The van der Waals surface area contributed by atoms with Crippen LogP contribution >= 0.6 is 0 Å².